The summed E-state index contributed by atoms with van der Waals surface area (Å²) in [6.45, 7) is 10.0. The van der Waals surface area contributed by atoms with Crippen molar-refractivity contribution in [2.24, 2.45) is 0 Å². The van der Waals surface area contributed by atoms with Crippen LogP contribution in [-0.2, 0) is 10.3 Å². The number of carbonyl (C=O) groups is 1. The zero-order chi connectivity index (χ0) is 19.9. The number of ether oxygens (including phenoxy) is 2. The van der Waals surface area contributed by atoms with E-state index in [1.807, 2.05) is 0 Å². The number of nitrogens with zero attached hydrogens (tertiary/aromatic N) is 1. The largest absolute Gasteiger partial charge is 0.490 e. The number of fused-ring (bicyclic) bond motifs is 1. The van der Waals surface area contributed by atoms with Crippen LogP contribution in [0.2, 0.25) is 5.15 Å². The number of hydrogen-bond donors (Lipinski definition) is 1. The number of carbonyl (C=O) groups excluding carboxylic acids is 1. The molecule has 0 saturated carbocycles. The van der Waals surface area contributed by atoms with E-state index in [1.54, 1.807) is 27.7 Å². The third-order valence-corrected chi connectivity index (χ3v) is 4.06. The van der Waals surface area contributed by atoms with Crippen molar-refractivity contribution in [3.8, 4) is 5.75 Å². The van der Waals surface area contributed by atoms with E-state index >= 15 is 0 Å². The lowest BCUT2D eigenvalue weighted by molar-refractivity contribution is -0.0689. The fourth-order valence-electron chi connectivity index (χ4n) is 2.50. The number of hydrogen-bond acceptors (Lipinski definition) is 4. The molecular weight excluding hydrogens is 373 g/mol. The monoisotopic (exact) mass is 392 g/mol. The number of rotatable bonds is 2. The average Bonchev–Trinajstić information content (AvgIpc) is 2.44. The fraction of sp³-hybridized carbons (Fsp3) is 0.529. The zero-order valence-corrected chi connectivity index (χ0v) is 15.6. The molecule has 1 atom stereocenters. The average molecular weight is 393 g/mol. The molecule has 0 unspecified atom stereocenters. The standard InChI is InChI=1S/C17H20ClF3N2O3/c1-9(17(19,20)21)11-8-10-12(13(18)22-11)25-7-6-16(10,5)23-14(24)26-15(2,3)4/h8H,1,6-7H2,2-5H3,(H,23,24)/t16-/m0/s1. The van der Waals surface area contributed by atoms with Crippen molar-refractivity contribution in [1.29, 1.82) is 0 Å². The first-order valence-electron chi connectivity index (χ1n) is 7.84. The van der Waals surface area contributed by atoms with Gasteiger partial charge in [-0.15, -0.1) is 0 Å². The van der Waals surface area contributed by atoms with Crippen molar-refractivity contribution in [3.63, 3.8) is 0 Å². The Hall–Kier alpha value is -1.96. The predicted octanol–water partition coefficient (Wildman–Crippen LogP) is 4.83. The maximum atomic E-state index is 13.0. The lowest BCUT2D eigenvalue weighted by Crippen LogP contribution is -2.48. The Morgan fingerprint density at radius 2 is 2.04 bits per heavy atom. The molecule has 144 valence electrons. The summed E-state index contributed by atoms with van der Waals surface area (Å²) in [5.74, 6) is 0.134. The third-order valence-electron chi connectivity index (χ3n) is 3.80. The molecule has 1 N–H and O–H groups in total. The maximum absolute atomic E-state index is 13.0. The van der Waals surface area contributed by atoms with Gasteiger partial charge in [-0.1, -0.05) is 18.2 Å². The maximum Gasteiger partial charge on any atom is 0.417 e. The van der Waals surface area contributed by atoms with Gasteiger partial charge in [0.25, 0.3) is 0 Å². The van der Waals surface area contributed by atoms with Gasteiger partial charge in [0.1, 0.15) is 5.60 Å². The van der Waals surface area contributed by atoms with Crippen LogP contribution >= 0.6 is 11.6 Å². The molecule has 1 aromatic heterocycles. The van der Waals surface area contributed by atoms with Crippen LogP contribution in [0.4, 0.5) is 18.0 Å². The topological polar surface area (TPSA) is 60.5 Å². The summed E-state index contributed by atoms with van der Waals surface area (Å²) in [6.07, 6.45) is -5.04. The molecule has 1 amide bonds. The first-order valence-corrected chi connectivity index (χ1v) is 8.22. The van der Waals surface area contributed by atoms with Gasteiger partial charge < -0.3 is 14.8 Å². The molecule has 9 heteroatoms. The zero-order valence-electron chi connectivity index (χ0n) is 14.9. The second kappa shape index (κ2) is 6.64. The molecule has 1 aromatic rings. The van der Waals surface area contributed by atoms with Crippen LogP contribution in [0.25, 0.3) is 5.57 Å². The Kier molecular flexibility index (Phi) is 5.20. The van der Waals surface area contributed by atoms with Crippen molar-refractivity contribution in [2.75, 3.05) is 6.61 Å². The van der Waals surface area contributed by atoms with Gasteiger partial charge in [-0.25, -0.2) is 9.78 Å². The number of halogens is 4. The Morgan fingerprint density at radius 1 is 1.42 bits per heavy atom. The Bertz CT molecular complexity index is 744. The van der Waals surface area contributed by atoms with Gasteiger partial charge in [0, 0.05) is 12.0 Å². The number of alkyl carbamates (subject to hydrolysis) is 1. The molecule has 26 heavy (non-hydrogen) atoms. The molecule has 0 bridgehead atoms. The summed E-state index contributed by atoms with van der Waals surface area (Å²) in [7, 11) is 0. The van der Waals surface area contributed by atoms with Crippen LogP contribution in [0.15, 0.2) is 12.6 Å². The Balaban J connectivity index is 2.45. The molecule has 0 saturated heterocycles. The molecule has 0 radical (unpaired) electrons. The lowest BCUT2D eigenvalue weighted by Gasteiger charge is -2.37. The number of allylic oxidation sites excluding steroid dienone is 1. The molecule has 1 aliphatic rings. The number of pyridine rings is 1. The van der Waals surface area contributed by atoms with Crippen LogP contribution in [-0.4, -0.2) is 29.5 Å². The van der Waals surface area contributed by atoms with Crippen LogP contribution in [0.3, 0.4) is 0 Å². The van der Waals surface area contributed by atoms with Crippen LogP contribution in [0.1, 0.15) is 45.4 Å². The van der Waals surface area contributed by atoms with Gasteiger partial charge in [0.15, 0.2) is 10.9 Å². The summed E-state index contributed by atoms with van der Waals surface area (Å²) in [4.78, 5) is 15.9. The van der Waals surface area contributed by atoms with E-state index < -0.39 is 34.7 Å². The normalized spacial score (nSPS) is 20.0. The summed E-state index contributed by atoms with van der Waals surface area (Å²) < 4.78 is 49.7. The van der Waals surface area contributed by atoms with E-state index in [4.69, 9.17) is 21.1 Å². The SMILES string of the molecule is C=C(c1cc2c(c(Cl)n1)OCC[C@]2(C)NC(=O)OC(C)(C)C)C(F)(F)F. The minimum absolute atomic E-state index is 0.134. The van der Waals surface area contributed by atoms with Crippen LogP contribution < -0.4 is 10.1 Å². The molecule has 0 aromatic carbocycles. The molecule has 2 heterocycles. The van der Waals surface area contributed by atoms with Crippen LogP contribution in [0.5, 0.6) is 5.75 Å². The number of aromatic nitrogens is 1. The molecule has 0 spiro atoms. The summed E-state index contributed by atoms with van der Waals surface area (Å²) in [6, 6.07) is 1.19. The van der Waals surface area contributed by atoms with Gasteiger partial charge in [0.05, 0.1) is 23.4 Å². The minimum Gasteiger partial charge on any atom is -0.490 e. The van der Waals surface area contributed by atoms with E-state index in [2.05, 4.69) is 16.9 Å². The van der Waals surface area contributed by atoms with Gasteiger partial charge in [0.2, 0.25) is 0 Å². The Morgan fingerprint density at radius 3 is 2.58 bits per heavy atom. The highest BCUT2D eigenvalue weighted by Gasteiger charge is 2.40. The first-order chi connectivity index (χ1) is 11.7. The van der Waals surface area contributed by atoms with E-state index in [9.17, 15) is 18.0 Å². The second-order valence-corrected chi connectivity index (χ2v) is 7.57. The summed E-state index contributed by atoms with van der Waals surface area (Å²) in [5.41, 5.74) is -3.03. The summed E-state index contributed by atoms with van der Waals surface area (Å²) in [5, 5.41) is 2.48. The fourth-order valence-corrected chi connectivity index (χ4v) is 2.75. The number of amides is 1. The minimum atomic E-state index is -4.66. The van der Waals surface area contributed by atoms with Gasteiger partial charge in [-0.3, -0.25) is 0 Å². The van der Waals surface area contributed by atoms with Crippen LogP contribution in [0, 0.1) is 0 Å². The van der Waals surface area contributed by atoms with E-state index in [0.717, 1.165) is 0 Å². The first kappa shape index (κ1) is 20.4. The highest BCUT2D eigenvalue weighted by Crippen LogP contribution is 2.43. The van der Waals surface area contributed by atoms with Gasteiger partial charge in [-0.05, 0) is 33.8 Å². The number of nitrogens with one attached hydrogen (secondary N) is 1. The Labute approximate surface area is 154 Å². The highest BCUT2D eigenvalue weighted by molar-refractivity contribution is 6.31. The molecule has 0 fully saturated rings. The quantitative estimate of drug-likeness (QED) is 0.732. The second-order valence-electron chi connectivity index (χ2n) is 7.21. The van der Waals surface area contributed by atoms with E-state index in [1.165, 1.54) is 6.07 Å². The van der Waals surface area contributed by atoms with Crippen molar-refractivity contribution < 1.29 is 27.4 Å². The van der Waals surface area contributed by atoms with E-state index in [0.29, 0.717) is 6.42 Å². The van der Waals surface area contributed by atoms with Crippen molar-refractivity contribution in [2.45, 2.75) is 51.4 Å². The lowest BCUT2D eigenvalue weighted by atomic mass is 9.86. The predicted molar refractivity (Wildman–Crippen MR) is 91.2 cm³/mol. The molecule has 5 nitrogen and oxygen atoms in total. The molecule has 1 aliphatic heterocycles. The molecule has 2 rings (SSSR count). The van der Waals surface area contributed by atoms with Gasteiger partial charge >= 0.3 is 12.3 Å². The van der Waals surface area contributed by atoms with Crippen molar-refractivity contribution in [1.82, 2.24) is 10.3 Å². The summed E-state index contributed by atoms with van der Waals surface area (Å²) >= 11 is 6.02. The smallest absolute Gasteiger partial charge is 0.417 e. The van der Waals surface area contributed by atoms with E-state index in [-0.39, 0.29) is 23.1 Å². The van der Waals surface area contributed by atoms with Crippen molar-refractivity contribution in [3.05, 3.63) is 29.1 Å². The number of alkyl halides is 3. The highest BCUT2D eigenvalue weighted by atomic mass is 35.5. The van der Waals surface area contributed by atoms with Gasteiger partial charge in [-0.2, -0.15) is 13.2 Å². The molecule has 0 aliphatic carbocycles. The molecular formula is C17H20ClF3N2O3. The van der Waals surface area contributed by atoms with Crippen molar-refractivity contribution >= 4 is 23.3 Å². The third kappa shape index (κ3) is 4.41.